The van der Waals surface area contributed by atoms with E-state index in [9.17, 15) is 4.79 Å². The van der Waals surface area contributed by atoms with Crippen LogP contribution < -0.4 is 4.90 Å². The molecule has 4 heteroatoms. The minimum Gasteiger partial charge on any atom is -0.307 e. The van der Waals surface area contributed by atoms with E-state index in [2.05, 4.69) is 34.1 Å². The number of aryl methyl sites for hydroxylation is 1. The van der Waals surface area contributed by atoms with E-state index in [1.165, 1.54) is 10.3 Å². The summed E-state index contributed by atoms with van der Waals surface area (Å²) in [6, 6.07) is 16.3. The summed E-state index contributed by atoms with van der Waals surface area (Å²) in [6.07, 6.45) is 2.05. The minimum atomic E-state index is 0.115. The molecule has 2 aromatic carbocycles. The second-order valence-corrected chi connectivity index (χ2v) is 7.48. The van der Waals surface area contributed by atoms with Gasteiger partial charge in [0.05, 0.1) is 4.88 Å². The largest absolute Gasteiger partial charge is 0.307 e. The van der Waals surface area contributed by atoms with Crippen LogP contribution in [0.4, 0.5) is 5.69 Å². The molecular weight excluding hydrogens is 358 g/mol. The number of hydrogen-bond donors (Lipinski definition) is 0. The van der Waals surface area contributed by atoms with Gasteiger partial charge >= 0.3 is 0 Å². The number of carbonyl (C=O) groups excluding carboxylic acids is 1. The quantitative estimate of drug-likeness (QED) is 0.571. The highest BCUT2D eigenvalue weighted by atomic mass is 79.9. The molecule has 2 nitrogen and oxygen atoms in total. The van der Waals surface area contributed by atoms with E-state index in [0.717, 1.165) is 39.8 Å². The number of rotatable bonds is 1. The monoisotopic (exact) mass is 371 g/mol. The Hall–Kier alpha value is -1.65. The summed E-state index contributed by atoms with van der Waals surface area (Å²) < 4.78 is 2.24. The Bertz CT molecular complexity index is 837. The van der Waals surface area contributed by atoms with Gasteiger partial charge in [-0.2, -0.15) is 0 Å². The van der Waals surface area contributed by atoms with Crippen LogP contribution in [-0.2, 0) is 6.42 Å². The smallest absolute Gasteiger partial charge is 0.268 e. The molecule has 0 saturated carbocycles. The molecule has 0 spiro atoms. The van der Waals surface area contributed by atoms with Gasteiger partial charge in [0.25, 0.3) is 5.91 Å². The van der Waals surface area contributed by atoms with E-state index >= 15 is 0 Å². The molecule has 4 rings (SSSR count). The Morgan fingerprint density at radius 2 is 2.00 bits per heavy atom. The van der Waals surface area contributed by atoms with E-state index < -0.39 is 0 Å². The van der Waals surface area contributed by atoms with Crippen LogP contribution in [0.2, 0.25) is 0 Å². The number of amides is 1. The molecule has 110 valence electrons. The Kier molecular flexibility index (Phi) is 3.51. The topological polar surface area (TPSA) is 20.3 Å². The van der Waals surface area contributed by atoms with Gasteiger partial charge in [0.1, 0.15) is 0 Å². The Balaban J connectivity index is 1.74. The fourth-order valence-electron chi connectivity index (χ4n) is 3.00. The Labute approximate surface area is 141 Å². The van der Waals surface area contributed by atoms with Gasteiger partial charge in [0, 0.05) is 21.4 Å². The van der Waals surface area contributed by atoms with Gasteiger partial charge in [-0.25, -0.2) is 0 Å². The third-order valence-corrected chi connectivity index (χ3v) is 5.64. The minimum absolute atomic E-state index is 0.115. The summed E-state index contributed by atoms with van der Waals surface area (Å²) in [7, 11) is 0. The summed E-state index contributed by atoms with van der Waals surface area (Å²) in [6.45, 7) is 0.793. The molecule has 0 N–H and O–H groups in total. The molecule has 0 saturated heterocycles. The fraction of sp³-hybridized carbons (Fsp3) is 0.167. The highest BCUT2D eigenvalue weighted by molar-refractivity contribution is 9.10. The summed E-state index contributed by atoms with van der Waals surface area (Å²) in [5, 5.41) is 1.14. The van der Waals surface area contributed by atoms with E-state index in [1.54, 1.807) is 11.3 Å². The van der Waals surface area contributed by atoms with Crippen LogP contribution in [0.5, 0.6) is 0 Å². The maximum Gasteiger partial charge on any atom is 0.268 e. The van der Waals surface area contributed by atoms with E-state index in [4.69, 9.17) is 0 Å². The molecule has 1 aliphatic heterocycles. The number of carbonyl (C=O) groups is 1. The second kappa shape index (κ2) is 5.52. The van der Waals surface area contributed by atoms with E-state index in [0.29, 0.717) is 0 Å². The zero-order chi connectivity index (χ0) is 15.1. The molecule has 0 atom stereocenters. The summed E-state index contributed by atoms with van der Waals surface area (Å²) >= 11 is 5.09. The second-order valence-electron chi connectivity index (χ2n) is 5.48. The number of fused-ring (bicyclic) bond motifs is 2. The molecule has 22 heavy (non-hydrogen) atoms. The summed E-state index contributed by atoms with van der Waals surface area (Å²) in [4.78, 5) is 15.7. The van der Waals surface area contributed by atoms with E-state index in [-0.39, 0.29) is 5.91 Å². The highest BCUT2D eigenvalue weighted by Gasteiger charge is 2.24. The third kappa shape index (κ3) is 2.36. The zero-order valence-electron chi connectivity index (χ0n) is 11.9. The molecule has 2 heterocycles. The fourth-order valence-corrected chi connectivity index (χ4v) is 4.42. The summed E-state index contributed by atoms with van der Waals surface area (Å²) in [5.41, 5.74) is 2.30. The molecule has 1 amide bonds. The first kappa shape index (κ1) is 14.0. The lowest BCUT2D eigenvalue weighted by Crippen LogP contribution is -2.35. The molecule has 0 bridgehead atoms. The van der Waals surface area contributed by atoms with Gasteiger partial charge in [-0.1, -0.05) is 34.1 Å². The van der Waals surface area contributed by atoms with Crippen molar-refractivity contribution in [3.05, 3.63) is 63.4 Å². The Morgan fingerprint density at radius 3 is 2.86 bits per heavy atom. The normalized spacial score (nSPS) is 14.1. The predicted molar refractivity (Wildman–Crippen MR) is 96.0 cm³/mol. The average Bonchev–Trinajstić information content (AvgIpc) is 2.97. The molecule has 0 fully saturated rings. The molecule has 1 aromatic heterocycles. The van der Waals surface area contributed by atoms with Gasteiger partial charge in [-0.05, 0) is 54.1 Å². The van der Waals surface area contributed by atoms with Crippen molar-refractivity contribution in [3.8, 4) is 0 Å². The van der Waals surface area contributed by atoms with E-state index in [1.807, 2.05) is 35.2 Å². The Morgan fingerprint density at radius 1 is 1.14 bits per heavy atom. The maximum atomic E-state index is 12.9. The molecule has 0 radical (unpaired) electrons. The number of halogens is 1. The first-order valence-electron chi connectivity index (χ1n) is 7.31. The lowest BCUT2D eigenvalue weighted by Gasteiger charge is -2.29. The van der Waals surface area contributed by atoms with Crippen LogP contribution in [0.1, 0.15) is 21.7 Å². The van der Waals surface area contributed by atoms with Gasteiger partial charge in [0.2, 0.25) is 0 Å². The van der Waals surface area contributed by atoms with Crippen molar-refractivity contribution in [2.75, 3.05) is 11.4 Å². The van der Waals surface area contributed by atoms with Crippen molar-refractivity contribution in [1.82, 2.24) is 0 Å². The van der Waals surface area contributed by atoms with Crippen molar-refractivity contribution in [1.29, 1.82) is 0 Å². The molecular formula is C18H14BrNOS. The average molecular weight is 372 g/mol. The van der Waals surface area contributed by atoms with Gasteiger partial charge < -0.3 is 4.90 Å². The standard InChI is InChI=1S/C18H14BrNOS/c19-14-7-8-15-12(10-14)5-3-9-20(15)18(21)17-11-13-4-1-2-6-16(13)22-17/h1-2,4,6-8,10-11H,3,5,9H2. The van der Waals surface area contributed by atoms with Gasteiger partial charge in [-0.3, -0.25) is 4.79 Å². The first-order valence-corrected chi connectivity index (χ1v) is 8.92. The molecule has 3 aromatic rings. The van der Waals surface area contributed by atoms with Crippen LogP contribution in [0.15, 0.2) is 53.0 Å². The lowest BCUT2D eigenvalue weighted by atomic mass is 10.0. The summed E-state index contributed by atoms with van der Waals surface area (Å²) in [5.74, 6) is 0.115. The number of nitrogens with zero attached hydrogens (tertiary/aromatic N) is 1. The van der Waals surface area contributed by atoms with Crippen LogP contribution >= 0.6 is 27.3 Å². The van der Waals surface area contributed by atoms with Gasteiger partial charge in [0.15, 0.2) is 0 Å². The van der Waals surface area contributed by atoms with Crippen LogP contribution in [0, 0.1) is 0 Å². The van der Waals surface area contributed by atoms with Crippen molar-refractivity contribution in [2.45, 2.75) is 12.8 Å². The lowest BCUT2D eigenvalue weighted by molar-refractivity contribution is 0.0989. The maximum absolute atomic E-state index is 12.9. The molecule has 0 unspecified atom stereocenters. The van der Waals surface area contributed by atoms with Crippen molar-refractivity contribution < 1.29 is 4.79 Å². The number of thiophene rings is 1. The van der Waals surface area contributed by atoms with Crippen LogP contribution in [-0.4, -0.2) is 12.5 Å². The number of benzene rings is 2. The predicted octanol–water partition coefficient (Wildman–Crippen LogP) is 5.26. The van der Waals surface area contributed by atoms with Crippen molar-refractivity contribution in [3.63, 3.8) is 0 Å². The third-order valence-electron chi connectivity index (χ3n) is 4.04. The number of hydrogen-bond acceptors (Lipinski definition) is 2. The molecule has 1 aliphatic rings. The van der Waals surface area contributed by atoms with Crippen molar-refractivity contribution in [2.24, 2.45) is 0 Å². The molecule has 0 aliphatic carbocycles. The van der Waals surface area contributed by atoms with Crippen LogP contribution in [0.3, 0.4) is 0 Å². The SMILES string of the molecule is O=C(c1cc2ccccc2s1)N1CCCc2cc(Br)ccc21. The zero-order valence-corrected chi connectivity index (χ0v) is 14.3. The van der Waals surface area contributed by atoms with Gasteiger partial charge in [-0.15, -0.1) is 11.3 Å². The van der Waals surface area contributed by atoms with Crippen molar-refractivity contribution >= 4 is 48.9 Å². The number of anilines is 1. The highest BCUT2D eigenvalue weighted by Crippen LogP contribution is 2.33. The van der Waals surface area contributed by atoms with Crippen LogP contribution in [0.25, 0.3) is 10.1 Å². The first-order chi connectivity index (χ1) is 10.7.